The number of pyridine rings is 1. The van der Waals surface area contributed by atoms with Crippen molar-refractivity contribution in [3.63, 3.8) is 0 Å². The molecule has 1 aromatic carbocycles. The van der Waals surface area contributed by atoms with Crippen LogP contribution in [0.1, 0.15) is 27.7 Å². The SMILES string of the molecule is CCN1CCc2c(sc(NC(=O)Nc3cncc4ccccc34)c2C(N)=O)C1. The number of nitrogens with one attached hydrogen (secondary N) is 2. The van der Waals surface area contributed by atoms with Crippen LogP contribution in [0, 0.1) is 0 Å². The summed E-state index contributed by atoms with van der Waals surface area (Å²) < 4.78 is 0. The van der Waals surface area contributed by atoms with Crippen molar-refractivity contribution in [3.8, 4) is 0 Å². The second-order valence-electron chi connectivity index (χ2n) is 6.68. The molecule has 3 aromatic rings. The summed E-state index contributed by atoms with van der Waals surface area (Å²) in [6, 6.07) is 7.26. The molecule has 0 saturated heterocycles. The number of thiophene rings is 1. The molecular weight excluding hydrogens is 374 g/mol. The number of carbonyl (C=O) groups is 2. The van der Waals surface area contributed by atoms with E-state index in [1.807, 2.05) is 24.3 Å². The van der Waals surface area contributed by atoms with Gasteiger partial charge in [-0.05, 0) is 18.5 Å². The van der Waals surface area contributed by atoms with Crippen molar-refractivity contribution in [2.75, 3.05) is 23.7 Å². The molecule has 7 nitrogen and oxygen atoms in total. The van der Waals surface area contributed by atoms with Gasteiger partial charge in [0.05, 0.1) is 17.4 Å². The van der Waals surface area contributed by atoms with Crippen LogP contribution >= 0.6 is 11.3 Å². The Morgan fingerprint density at radius 2 is 2.07 bits per heavy atom. The fourth-order valence-corrected chi connectivity index (χ4v) is 4.84. The molecule has 0 fully saturated rings. The van der Waals surface area contributed by atoms with Gasteiger partial charge in [0, 0.05) is 34.9 Å². The predicted octanol–water partition coefficient (Wildman–Crippen LogP) is 3.42. The van der Waals surface area contributed by atoms with Gasteiger partial charge < -0.3 is 11.1 Å². The van der Waals surface area contributed by atoms with E-state index >= 15 is 0 Å². The van der Waals surface area contributed by atoms with Gasteiger partial charge in [-0.1, -0.05) is 31.2 Å². The third-order valence-corrected chi connectivity index (χ3v) is 6.11. The monoisotopic (exact) mass is 395 g/mol. The van der Waals surface area contributed by atoms with Gasteiger partial charge in [0.15, 0.2) is 0 Å². The number of amides is 3. The van der Waals surface area contributed by atoms with Gasteiger partial charge in [0.2, 0.25) is 0 Å². The predicted molar refractivity (Wildman–Crippen MR) is 112 cm³/mol. The van der Waals surface area contributed by atoms with Gasteiger partial charge in [0.25, 0.3) is 5.91 Å². The van der Waals surface area contributed by atoms with Gasteiger partial charge in [-0.2, -0.15) is 0 Å². The molecule has 8 heteroatoms. The van der Waals surface area contributed by atoms with E-state index in [-0.39, 0.29) is 0 Å². The number of anilines is 2. The lowest BCUT2D eigenvalue weighted by Gasteiger charge is -2.25. The first-order chi connectivity index (χ1) is 13.6. The smallest absolute Gasteiger partial charge is 0.324 e. The Bertz CT molecular complexity index is 1060. The quantitative estimate of drug-likeness (QED) is 0.630. The Morgan fingerprint density at radius 1 is 1.25 bits per heavy atom. The van der Waals surface area contributed by atoms with E-state index in [1.54, 1.807) is 12.4 Å². The summed E-state index contributed by atoms with van der Waals surface area (Å²) in [7, 11) is 0. The third kappa shape index (κ3) is 3.44. The number of hydrogen-bond acceptors (Lipinski definition) is 5. The first-order valence-electron chi connectivity index (χ1n) is 9.14. The lowest BCUT2D eigenvalue weighted by Crippen LogP contribution is -2.30. The van der Waals surface area contributed by atoms with E-state index in [0.717, 1.165) is 47.3 Å². The average Bonchev–Trinajstić information content (AvgIpc) is 3.05. The minimum absolute atomic E-state index is 0.424. The molecule has 2 aromatic heterocycles. The second-order valence-corrected chi connectivity index (χ2v) is 7.78. The van der Waals surface area contributed by atoms with Crippen LogP contribution in [-0.2, 0) is 13.0 Å². The number of nitrogens with two attached hydrogens (primary N) is 1. The van der Waals surface area contributed by atoms with Crippen LogP contribution in [0.15, 0.2) is 36.7 Å². The highest BCUT2D eigenvalue weighted by Gasteiger charge is 2.27. The van der Waals surface area contributed by atoms with E-state index in [9.17, 15) is 9.59 Å². The first-order valence-corrected chi connectivity index (χ1v) is 9.96. The van der Waals surface area contributed by atoms with Crippen molar-refractivity contribution in [2.45, 2.75) is 19.9 Å². The molecule has 0 spiro atoms. The average molecular weight is 395 g/mol. The van der Waals surface area contributed by atoms with Crippen LogP contribution in [0.2, 0.25) is 0 Å². The van der Waals surface area contributed by atoms with Crippen LogP contribution in [-0.4, -0.2) is 34.9 Å². The lowest BCUT2D eigenvalue weighted by atomic mass is 10.0. The van der Waals surface area contributed by atoms with Gasteiger partial charge in [-0.15, -0.1) is 11.3 Å². The highest BCUT2D eigenvalue weighted by molar-refractivity contribution is 7.17. The first kappa shape index (κ1) is 18.4. The van der Waals surface area contributed by atoms with Crippen LogP contribution in [0.25, 0.3) is 10.8 Å². The Balaban J connectivity index is 1.59. The number of aromatic nitrogens is 1. The molecule has 1 aliphatic heterocycles. The molecular formula is C20H21N5O2S. The largest absolute Gasteiger partial charge is 0.365 e. The zero-order valence-electron chi connectivity index (χ0n) is 15.5. The summed E-state index contributed by atoms with van der Waals surface area (Å²) in [5, 5.41) is 7.98. The molecule has 3 amide bonds. The summed E-state index contributed by atoms with van der Waals surface area (Å²) in [5.41, 5.74) is 7.63. The minimum Gasteiger partial charge on any atom is -0.365 e. The number of carbonyl (C=O) groups excluding carboxylic acids is 2. The molecule has 0 bridgehead atoms. The summed E-state index contributed by atoms with van der Waals surface area (Å²) >= 11 is 1.42. The van der Waals surface area contributed by atoms with Crippen molar-refractivity contribution >= 4 is 44.7 Å². The number of urea groups is 1. The molecule has 4 N–H and O–H groups in total. The van der Waals surface area contributed by atoms with Crippen molar-refractivity contribution in [1.82, 2.24) is 9.88 Å². The van der Waals surface area contributed by atoms with Crippen LogP contribution in [0.4, 0.5) is 15.5 Å². The maximum absolute atomic E-state index is 12.6. The molecule has 4 rings (SSSR count). The summed E-state index contributed by atoms with van der Waals surface area (Å²) in [4.78, 5) is 32.2. The Hall–Kier alpha value is -2.97. The van der Waals surface area contributed by atoms with Crippen LogP contribution in [0.3, 0.4) is 0 Å². The minimum atomic E-state index is -0.510. The zero-order chi connectivity index (χ0) is 19.7. The number of likely N-dealkylation sites (N-methyl/N-ethyl adjacent to an activating group) is 1. The number of fused-ring (bicyclic) bond motifs is 2. The summed E-state index contributed by atoms with van der Waals surface area (Å²) in [6.45, 7) is 4.71. The van der Waals surface area contributed by atoms with E-state index in [2.05, 4.69) is 27.4 Å². The Morgan fingerprint density at radius 3 is 2.86 bits per heavy atom. The van der Waals surface area contributed by atoms with Crippen molar-refractivity contribution in [1.29, 1.82) is 0 Å². The number of nitrogens with zero attached hydrogens (tertiary/aromatic N) is 2. The lowest BCUT2D eigenvalue weighted by molar-refractivity contribution is 0.1000. The second kappa shape index (κ2) is 7.57. The van der Waals surface area contributed by atoms with E-state index in [1.165, 1.54) is 11.3 Å². The van der Waals surface area contributed by atoms with Crippen molar-refractivity contribution in [3.05, 3.63) is 52.7 Å². The Labute approximate surface area is 166 Å². The van der Waals surface area contributed by atoms with Crippen molar-refractivity contribution in [2.24, 2.45) is 5.73 Å². The molecule has 28 heavy (non-hydrogen) atoms. The fraction of sp³-hybridized carbons (Fsp3) is 0.250. The molecule has 0 radical (unpaired) electrons. The molecule has 0 atom stereocenters. The molecule has 3 heterocycles. The van der Waals surface area contributed by atoms with Gasteiger partial charge in [0.1, 0.15) is 5.00 Å². The maximum Gasteiger partial charge on any atom is 0.324 e. The Kier molecular flexibility index (Phi) is 4.97. The van der Waals surface area contributed by atoms with Gasteiger partial charge in [-0.3, -0.25) is 20.0 Å². The van der Waals surface area contributed by atoms with Crippen LogP contribution < -0.4 is 16.4 Å². The van der Waals surface area contributed by atoms with Crippen molar-refractivity contribution < 1.29 is 9.59 Å². The number of hydrogen-bond donors (Lipinski definition) is 3. The third-order valence-electron chi connectivity index (χ3n) is 4.97. The molecule has 144 valence electrons. The normalized spacial score (nSPS) is 13.9. The maximum atomic E-state index is 12.6. The molecule has 0 unspecified atom stereocenters. The van der Waals surface area contributed by atoms with E-state index < -0.39 is 11.9 Å². The highest BCUT2D eigenvalue weighted by Crippen LogP contribution is 2.37. The highest BCUT2D eigenvalue weighted by atomic mass is 32.1. The fourth-order valence-electron chi connectivity index (χ4n) is 3.55. The van der Waals surface area contributed by atoms with Gasteiger partial charge in [-0.25, -0.2) is 4.79 Å². The topological polar surface area (TPSA) is 100 Å². The molecule has 0 aliphatic carbocycles. The standard InChI is InChI=1S/C20H21N5O2S/c1-2-25-8-7-14-16(11-25)28-19(17(14)18(21)26)24-20(27)23-15-10-22-9-12-5-3-4-6-13(12)15/h3-6,9-10H,2,7-8,11H2,1H3,(H2,21,26)(H2,23,24,27). The molecule has 0 saturated carbocycles. The van der Waals surface area contributed by atoms with Gasteiger partial charge >= 0.3 is 6.03 Å². The number of benzene rings is 1. The van der Waals surface area contributed by atoms with E-state index in [0.29, 0.717) is 16.3 Å². The number of rotatable bonds is 4. The number of primary amides is 1. The molecule has 1 aliphatic rings. The summed E-state index contributed by atoms with van der Waals surface area (Å²) in [5.74, 6) is -0.510. The van der Waals surface area contributed by atoms with Crippen LogP contribution in [0.5, 0.6) is 0 Å². The zero-order valence-corrected chi connectivity index (χ0v) is 16.3. The van der Waals surface area contributed by atoms with E-state index in [4.69, 9.17) is 5.73 Å². The summed E-state index contributed by atoms with van der Waals surface area (Å²) in [6.07, 6.45) is 4.11.